The van der Waals surface area contributed by atoms with Gasteiger partial charge in [-0.2, -0.15) is 0 Å². The van der Waals surface area contributed by atoms with Gasteiger partial charge in [0.2, 0.25) is 11.6 Å². The maximum atomic E-state index is 13.0. The number of ketones is 2. The standard InChI is InChI=1S/C20H16O7/c1-20-3-2-8(7-26-20)14-13(27-20)6-11-16(18(14)24)19(25)15-10(17(11)23)4-9(21)5-12(15)22/h4-6,8,21-22,24H,2-3,7H2,1H3/t8-,20+/m0/s1. The van der Waals surface area contributed by atoms with E-state index in [0.717, 1.165) is 12.1 Å². The van der Waals surface area contributed by atoms with E-state index in [2.05, 4.69) is 0 Å². The maximum Gasteiger partial charge on any atom is 0.207 e. The highest BCUT2D eigenvalue weighted by molar-refractivity contribution is 6.30. The summed E-state index contributed by atoms with van der Waals surface area (Å²) < 4.78 is 11.7. The molecule has 0 radical (unpaired) electrons. The van der Waals surface area contributed by atoms with Crippen molar-refractivity contribution in [1.29, 1.82) is 0 Å². The third kappa shape index (κ3) is 2.06. The summed E-state index contributed by atoms with van der Waals surface area (Å²) in [6.07, 6.45) is 1.33. The number of carbonyl (C=O) groups is 2. The van der Waals surface area contributed by atoms with Gasteiger partial charge in [-0.3, -0.25) is 9.59 Å². The minimum absolute atomic E-state index is 0.0151. The summed E-state index contributed by atoms with van der Waals surface area (Å²) in [4.78, 5) is 26.0. The average molecular weight is 368 g/mol. The summed E-state index contributed by atoms with van der Waals surface area (Å²) >= 11 is 0. The van der Waals surface area contributed by atoms with Gasteiger partial charge >= 0.3 is 0 Å². The molecule has 3 heterocycles. The minimum Gasteiger partial charge on any atom is -0.508 e. The van der Waals surface area contributed by atoms with Crippen LogP contribution in [0.5, 0.6) is 23.0 Å². The molecule has 2 bridgehead atoms. The molecule has 1 saturated heterocycles. The molecule has 2 atom stereocenters. The second kappa shape index (κ2) is 5.01. The number of carbonyl (C=O) groups excluding carboxylic acids is 2. The molecule has 7 heteroatoms. The highest BCUT2D eigenvalue weighted by Gasteiger charge is 2.44. The Bertz CT molecular complexity index is 1050. The SMILES string of the molecule is C[C@@]12CC[C@@H](CO1)c1c(cc3c(c1O)C(=O)c1c(O)cc(O)cc1C3=O)O2. The molecule has 138 valence electrons. The van der Waals surface area contributed by atoms with Crippen molar-refractivity contribution in [3.8, 4) is 23.0 Å². The van der Waals surface area contributed by atoms with Crippen LogP contribution in [-0.4, -0.2) is 39.3 Å². The number of hydrogen-bond donors (Lipinski definition) is 3. The lowest BCUT2D eigenvalue weighted by Gasteiger charge is -2.32. The first-order valence-corrected chi connectivity index (χ1v) is 8.67. The summed E-state index contributed by atoms with van der Waals surface area (Å²) in [6.45, 7) is 2.14. The zero-order chi connectivity index (χ0) is 19.1. The monoisotopic (exact) mass is 368 g/mol. The molecule has 4 aliphatic rings. The number of hydrogen-bond acceptors (Lipinski definition) is 7. The van der Waals surface area contributed by atoms with Gasteiger partial charge < -0.3 is 24.8 Å². The fraction of sp³-hybridized carbons (Fsp3) is 0.300. The largest absolute Gasteiger partial charge is 0.508 e. The number of ether oxygens (including phenoxy) is 2. The Hall–Kier alpha value is -3.06. The molecular weight excluding hydrogens is 352 g/mol. The van der Waals surface area contributed by atoms with Gasteiger partial charge in [-0.05, 0) is 18.6 Å². The molecule has 0 amide bonds. The number of phenolic OH excluding ortho intramolecular Hbond substituents is 3. The van der Waals surface area contributed by atoms with Gasteiger partial charge in [-0.25, -0.2) is 0 Å². The van der Waals surface area contributed by atoms with Crippen molar-refractivity contribution < 1.29 is 34.4 Å². The molecule has 1 aliphatic carbocycles. The van der Waals surface area contributed by atoms with Crippen LogP contribution in [0.15, 0.2) is 18.2 Å². The molecule has 3 N–H and O–H groups in total. The van der Waals surface area contributed by atoms with Crippen LogP contribution in [0.3, 0.4) is 0 Å². The normalized spacial score (nSPS) is 25.3. The van der Waals surface area contributed by atoms with E-state index in [-0.39, 0.29) is 39.7 Å². The Morgan fingerprint density at radius 2 is 1.78 bits per heavy atom. The van der Waals surface area contributed by atoms with E-state index in [9.17, 15) is 24.9 Å². The van der Waals surface area contributed by atoms with Crippen LogP contribution in [0.2, 0.25) is 0 Å². The van der Waals surface area contributed by atoms with Gasteiger partial charge in [0.15, 0.2) is 5.78 Å². The highest BCUT2D eigenvalue weighted by atomic mass is 16.7. The van der Waals surface area contributed by atoms with E-state index in [0.29, 0.717) is 30.8 Å². The Balaban J connectivity index is 1.79. The first-order valence-electron chi connectivity index (χ1n) is 8.67. The van der Waals surface area contributed by atoms with Crippen molar-refractivity contribution in [2.24, 2.45) is 0 Å². The Morgan fingerprint density at radius 1 is 1.04 bits per heavy atom. The van der Waals surface area contributed by atoms with Crippen LogP contribution in [0.1, 0.15) is 63.1 Å². The van der Waals surface area contributed by atoms with Crippen LogP contribution in [-0.2, 0) is 4.74 Å². The molecule has 1 fully saturated rings. The smallest absolute Gasteiger partial charge is 0.207 e. The van der Waals surface area contributed by atoms with Crippen LogP contribution in [0, 0.1) is 0 Å². The fourth-order valence-corrected chi connectivity index (χ4v) is 4.26. The number of fused-ring (bicyclic) bond motifs is 4. The second-order valence-electron chi connectivity index (χ2n) is 7.39. The third-order valence-corrected chi connectivity index (χ3v) is 5.62. The molecule has 2 aromatic carbocycles. The summed E-state index contributed by atoms with van der Waals surface area (Å²) in [5.41, 5.74) is -0.0335. The van der Waals surface area contributed by atoms with Crippen molar-refractivity contribution >= 4 is 11.6 Å². The van der Waals surface area contributed by atoms with Crippen LogP contribution in [0.25, 0.3) is 0 Å². The summed E-state index contributed by atoms with van der Waals surface area (Å²) in [6, 6.07) is 3.59. The Labute approximate surface area is 153 Å². The van der Waals surface area contributed by atoms with Crippen LogP contribution in [0.4, 0.5) is 0 Å². The molecule has 0 unspecified atom stereocenters. The van der Waals surface area contributed by atoms with Crippen molar-refractivity contribution in [2.45, 2.75) is 31.5 Å². The van der Waals surface area contributed by atoms with E-state index < -0.39 is 23.1 Å². The van der Waals surface area contributed by atoms with Gasteiger partial charge in [0.25, 0.3) is 0 Å². The zero-order valence-electron chi connectivity index (χ0n) is 14.4. The average Bonchev–Trinajstić information content (AvgIpc) is 2.83. The van der Waals surface area contributed by atoms with E-state index >= 15 is 0 Å². The Morgan fingerprint density at radius 3 is 2.48 bits per heavy atom. The molecule has 7 nitrogen and oxygen atoms in total. The molecule has 2 aromatic rings. The first-order chi connectivity index (χ1) is 12.8. The van der Waals surface area contributed by atoms with Crippen molar-refractivity contribution in [2.75, 3.05) is 6.61 Å². The lowest BCUT2D eigenvalue weighted by Crippen LogP contribution is -2.38. The molecule has 0 saturated carbocycles. The van der Waals surface area contributed by atoms with Gasteiger partial charge in [0.05, 0.1) is 17.7 Å². The van der Waals surface area contributed by atoms with Crippen LogP contribution < -0.4 is 4.74 Å². The summed E-state index contributed by atoms with van der Waals surface area (Å²) in [7, 11) is 0. The predicted molar refractivity (Wildman–Crippen MR) is 91.7 cm³/mol. The second-order valence-corrected chi connectivity index (χ2v) is 7.39. The van der Waals surface area contributed by atoms with Gasteiger partial charge in [-0.15, -0.1) is 0 Å². The van der Waals surface area contributed by atoms with E-state index in [1.54, 1.807) is 6.92 Å². The molecule has 27 heavy (non-hydrogen) atoms. The lowest BCUT2D eigenvalue weighted by molar-refractivity contribution is -0.188. The molecule has 0 spiro atoms. The first kappa shape index (κ1) is 16.1. The van der Waals surface area contributed by atoms with E-state index in [1.807, 2.05) is 0 Å². The quantitative estimate of drug-likeness (QED) is 0.559. The highest BCUT2D eigenvalue weighted by Crippen LogP contribution is 2.51. The number of aromatic hydroxyl groups is 3. The van der Waals surface area contributed by atoms with Gasteiger partial charge in [0, 0.05) is 42.0 Å². The fourth-order valence-electron chi connectivity index (χ4n) is 4.26. The molecule has 0 aromatic heterocycles. The van der Waals surface area contributed by atoms with Crippen LogP contribution >= 0.6 is 0 Å². The van der Waals surface area contributed by atoms with E-state index in [1.165, 1.54) is 6.07 Å². The summed E-state index contributed by atoms with van der Waals surface area (Å²) in [5.74, 6) is -3.06. The topological polar surface area (TPSA) is 113 Å². The van der Waals surface area contributed by atoms with Crippen molar-refractivity contribution in [1.82, 2.24) is 0 Å². The van der Waals surface area contributed by atoms with Gasteiger partial charge in [0.1, 0.15) is 23.0 Å². The third-order valence-electron chi connectivity index (χ3n) is 5.62. The predicted octanol–water partition coefficient (Wildman–Crippen LogP) is 2.58. The van der Waals surface area contributed by atoms with E-state index in [4.69, 9.17) is 9.47 Å². The minimum atomic E-state index is -0.849. The lowest BCUT2D eigenvalue weighted by atomic mass is 9.79. The number of benzene rings is 2. The Kier molecular flexibility index (Phi) is 3.00. The molecule has 6 rings (SSSR count). The van der Waals surface area contributed by atoms with Crippen molar-refractivity contribution in [3.05, 3.63) is 46.0 Å². The zero-order valence-corrected chi connectivity index (χ0v) is 14.4. The molecular formula is C20H16O7. The maximum absolute atomic E-state index is 13.0. The summed E-state index contributed by atoms with van der Waals surface area (Å²) in [5, 5.41) is 30.7. The molecule has 3 aliphatic heterocycles. The number of rotatable bonds is 0. The van der Waals surface area contributed by atoms with Crippen molar-refractivity contribution in [3.63, 3.8) is 0 Å². The van der Waals surface area contributed by atoms with Gasteiger partial charge in [-0.1, -0.05) is 0 Å². The number of phenols is 3.